The van der Waals surface area contributed by atoms with Gasteiger partial charge in [-0.1, -0.05) is 18.2 Å². The molecule has 1 amide bonds. The number of amides is 1. The van der Waals surface area contributed by atoms with Gasteiger partial charge in [-0.25, -0.2) is 0 Å². The van der Waals surface area contributed by atoms with Crippen molar-refractivity contribution in [2.45, 2.75) is 6.92 Å². The molecule has 0 aliphatic heterocycles. The van der Waals surface area contributed by atoms with Crippen molar-refractivity contribution in [1.82, 2.24) is 0 Å². The Morgan fingerprint density at radius 1 is 1.00 bits per heavy atom. The van der Waals surface area contributed by atoms with E-state index in [2.05, 4.69) is 5.32 Å². The molecule has 0 fully saturated rings. The molecule has 0 bridgehead atoms. The number of Topliss-reactive ketones (excluding diaryl/α,β-unsaturated/α-hetero) is 1. The second-order valence-electron chi connectivity index (χ2n) is 5.82. The Labute approximate surface area is 153 Å². The van der Waals surface area contributed by atoms with E-state index in [1.165, 1.54) is 6.92 Å². The molecule has 4 aromatic rings. The topological polar surface area (TPSA) is 68.5 Å². The molecule has 1 N–H and O–H groups in total. The third kappa shape index (κ3) is 2.74. The van der Waals surface area contributed by atoms with Crippen molar-refractivity contribution in [1.29, 1.82) is 0 Å². The Bertz CT molecular complexity index is 1160. The predicted octanol–water partition coefficient (Wildman–Crippen LogP) is 5.11. The average molecular weight is 365 g/mol. The molecule has 4 rings (SSSR count). The summed E-state index contributed by atoms with van der Waals surface area (Å²) >= 11 is 1.16. The maximum absolute atomic E-state index is 12.5. The van der Waals surface area contributed by atoms with E-state index in [9.17, 15) is 9.59 Å². The molecule has 2 aromatic carbocycles. The molecule has 0 saturated carbocycles. The highest BCUT2D eigenvalue weighted by atomic mass is 32.1. The number of hydrogen-bond donors (Lipinski definition) is 1. The molecule has 2 aromatic heterocycles. The van der Waals surface area contributed by atoms with Crippen molar-refractivity contribution in [3.05, 3.63) is 58.3 Å². The van der Waals surface area contributed by atoms with Gasteiger partial charge in [-0.15, -0.1) is 11.3 Å². The Kier molecular flexibility index (Phi) is 3.97. The molecule has 130 valence electrons. The summed E-state index contributed by atoms with van der Waals surface area (Å²) in [7, 11) is 1.55. The van der Waals surface area contributed by atoms with Crippen LogP contribution in [0.4, 0.5) is 5.69 Å². The fourth-order valence-corrected chi connectivity index (χ4v) is 3.65. The summed E-state index contributed by atoms with van der Waals surface area (Å²) in [6.45, 7) is 1.48. The van der Waals surface area contributed by atoms with E-state index < -0.39 is 0 Å². The van der Waals surface area contributed by atoms with Crippen LogP contribution in [-0.2, 0) is 0 Å². The summed E-state index contributed by atoms with van der Waals surface area (Å²) in [6.07, 6.45) is 0. The number of benzene rings is 2. The van der Waals surface area contributed by atoms with Crippen molar-refractivity contribution >= 4 is 50.7 Å². The molecule has 2 heterocycles. The fourth-order valence-electron chi connectivity index (χ4n) is 2.85. The van der Waals surface area contributed by atoms with Crippen LogP contribution in [0.1, 0.15) is 26.3 Å². The lowest BCUT2D eigenvalue weighted by atomic mass is 10.1. The summed E-state index contributed by atoms with van der Waals surface area (Å²) < 4.78 is 11.3. The molecular weight excluding hydrogens is 350 g/mol. The quantitative estimate of drug-likeness (QED) is 0.510. The summed E-state index contributed by atoms with van der Waals surface area (Å²) in [5.74, 6) is 0.187. The van der Waals surface area contributed by atoms with Gasteiger partial charge in [-0.3, -0.25) is 9.59 Å². The van der Waals surface area contributed by atoms with E-state index in [0.717, 1.165) is 27.7 Å². The zero-order valence-corrected chi connectivity index (χ0v) is 15.0. The van der Waals surface area contributed by atoms with Gasteiger partial charge in [-0.2, -0.15) is 0 Å². The first-order valence-corrected chi connectivity index (χ1v) is 8.80. The highest BCUT2D eigenvalue weighted by molar-refractivity contribution is 7.16. The van der Waals surface area contributed by atoms with Crippen LogP contribution in [0.5, 0.6) is 5.75 Å². The number of ketones is 1. The Morgan fingerprint density at radius 2 is 1.77 bits per heavy atom. The highest BCUT2D eigenvalue weighted by Gasteiger charge is 2.16. The van der Waals surface area contributed by atoms with Crippen molar-refractivity contribution in [3.63, 3.8) is 0 Å². The number of rotatable bonds is 4. The van der Waals surface area contributed by atoms with Gasteiger partial charge in [0.15, 0.2) is 5.78 Å². The zero-order valence-electron chi connectivity index (χ0n) is 14.2. The monoisotopic (exact) mass is 365 g/mol. The largest absolute Gasteiger partial charge is 0.495 e. The molecule has 0 atom stereocenters. The van der Waals surface area contributed by atoms with E-state index in [0.29, 0.717) is 26.8 Å². The first kappa shape index (κ1) is 16.4. The molecule has 6 heteroatoms. The number of carbonyl (C=O) groups excluding carboxylic acids is 2. The molecule has 0 radical (unpaired) electrons. The lowest BCUT2D eigenvalue weighted by molar-refractivity contribution is 0.101. The number of para-hydroxylation sites is 1. The third-order valence-corrected chi connectivity index (χ3v) is 5.31. The Morgan fingerprint density at radius 3 is 2.50 bits per heavy atom. The summed E-state index contributed by atoms with van der Waals surface area (Å²) in [5.41, 5.74) is 1.96. The standard InChI is InChI=1S/C20H15NO4S/c1-11(22)18-7-8-19(26-18)20(23)21-14-10-16-13(9-17(14)24-2)12-5-3-4-6-15(12)25-16/h3-10H,1-2H3,(H,21,23). The molecular formula is C20H15NO4S. The van der Waals surface area contributed by atoms with Crippen molar-refractivity contribution in [2.24, 2.45) is 0 Å². The van der Waals surface area contributed by atoms with Crippen LogP contribution in [0.15, 0.2) is 52.9 Å². The Hall–Kier alpha value is -3.12. The number of methoxy groups -OCH3 is 1. The lowest BCUT2D eigenvalue weighted by Gasteiger charge is -2.09. The van der Waals surface area contributed by atoms with Crippen molar-refractivity contribution in [2.75, 3.05) is 12.4 Å². The number of ether oxygens (including phenoxy) is 1. The van der Waals surface area contributed by atoms with Crippen LogP contribution in [0.3, 0.4) is 0 Å². The lowest BCUT2D eigenvalue weighted by Crippen LogP contribution is -2.11. The minimum atomic E-state index is -0.295. The van der Waals surface area contributed by atoms with Crippen LogP contribution in [-0.4, -0.2) is 18.8 Å². The summed E-state index contributed by atoms with van der Waals surface area (Å²) in [5, 5.41) is 4.75. The van der Waals surface area contributed by atoms with Crippen molar-refractivity contribution in [3.8, 4) is 5.75 Å². The number of hydrogen-bond acceptors (Lipinski definition) is 5. The number of nitrogens with one attached hydrogen (secondary N) is 1. The molecule has 26 heavy (non-hydrogen) atoms. The average Bonchev–Trinajstić information content (AvgIpc) is 3.25. The third-order valence-electron chi connectivity index (χ3n) is 4.12. The van der Waals surface area contributed by atoms with Gasteiger partial charge in [0, 0.05) is 16.8 Å². The number of carbonyl (C=O) groups is 2. The second-order valence-corrected chi connectivity index (χ2v) is 6.90. The van der Waals surface area contributed by atoms with Crippen LogP contribution in [0.2, 0.25) is 0 Å². The van der Waals surface area contributed by atoms with Crippen LogP contribution in [0.25, 0.3) is 21.9 Å². The van der Waals surface area contributed by atoms with Gasteiger partial charge in [-0.05, 0) is 31.2 Å². The van der Waals surface area contributed by atoms with Crippen molar-refractivity contribution < 1.29 is 18.7 Å². The molecule has 0 spiro atoms. The van der Waals surface area contributed by atoms with Gasteiger partial charge in [0.2, 0.25) is 0 Å². The van der Waals surface area contributed by atoms with E-state index in [4.69, 9.17) is 9.15 Å². The minimum Gasteiger partial charge on any atom is -0.495 e. The van der Waals surface area contributed by atoms with Gasteiger partial charge in [0.05, 0.1) is 22.6 Å². The van der Waals surface area contributed by atoms with Crippen LogP contribution < -0.4 is 10.1 Å². The van der Waals surface area contributed by atoms with E-state index in [-0.39, 0.29) is 11.7 Å². The molecule has 0 aliphatic carbocycles. The minimum absolute atomic E-state index is 0.0599. The first-order valence-electron chi connectivity index (χ1n) is 7.98. The zero-order chi connectivity index (χ0) is 18.3. The molecule has 0 saturated heterocycles. The maximum atomic E-state index is 12.5. The first-order chi connectivity index (χ1) is 12.6. The summed E-state index contributed by atoms with van der Waals surface area (Å²) in [4.78, 5) is 25.0. The maximum Gasteiger partial charge on any atom is 0.265 e. The van der Waals surface area contributed by atoms with E-state index >= 15 is 0 Å². The van der Waals surface area contributed by atoms with Crippen LogP contribution >= 0.6 is 11.3 Å². The molecule has 5 nitrogen and oxygen atoms in total. The van der Waals surface area contributed by atoms with Gasteiger partial charge < -0.3 is 14.5 Å². The molecule has 0 unspecified atom stereocenters. The number of thiophene rings is 1. The second kappa shape index (κ2) is 6.31. The van der Waals surface area contributed by atoms with Crippen LogP contribution in [0, 0.1) is 0 Å². The normalized spacial score (nSPS) is 11.0. The number of furan rings is 1. The van der Waals surface area contributed by atoms with Gasteiger partial charge >= 0.3 is 0 Å². The molecule has 0 aliphatic rings. The van der Waals surface area contributed by atoms with E-state index in [1.807, 2.05) is 30.3 Å². The van der Waals surface area contributed by atoms with Gasteiger partial charge in [0.25, 0.3) is 5.91 Å². The van der Waals surface area contributed by atoms with Gasteiger partial charge in [0.1, 0.15) is 16.9 Å². The van der Waals surface area contributed by atoms with E-state index in [1.54, 1.807) is 25.3 Å². The highest BCUT2D eigenvalue weighted by Crippen LogP contribution is 2.36. The number of fused-ring (bicyclic) bond motifs is 3. The smallest absolute Gasteiger partial charge is 0.265 e. The Balaban J connectivity index is 1.73. The predicted molar refractivity (Wildman–Crippen MR) is 103 cm³/mol. The fraction of sp³-hybridized carbons (Fsp3) is 0.100. The summed E-state index contributed by atoms with van der Waals surface area (Å²) in [6, 6.07) is 14.6. The SMILES string of the molecule is COc1cc2c(cc1NC(=O)c1ccc(C(C)=O)s1)oc1ccccc12. The number of anilines is 1.